The number of hydrogen-bond acceptors (Lipinski definition) is 5. The molecule has 1 heterocycles. The maximum absolute atomic E-state index is 12.8. The Bertz CT molecular complexity index is 956. The molecule has 0 bridgehead atoms. The van der Waals surface area contributed by atoms with Crippen molar-refractivity contribution in [3.05, 3.63) is 61.8 Å². The van der Waals surface area contributed by atoms with Gasteiger partial charge in [-0.3, -0.25) is 19.1 Å². The molecule has 4 N–H and O–H groups in total. The van der Waals surface area contributed by atoms with E-state index in [1.54, 1.807) is 0 Å². The number of carbonyl (C=O) groups is 1. The molecule has 158 valence electrons. The molecular weight excluding hydrogens is 368 g/mol. The van der Waals surface area contributed by atoms with E-state index in [2.05, 4.69) is 62.3 Å². The molecular formula is C22H32N4O3. The summed E-state index contributed by atoms with van der Waals surface area (Å²) in [6, 6.07) is 8.28. The van der Waals surface area contributed by atoms with Crippen LogP contribution in [-0.2, 0) is 6.54 Å². The topological polar surface area (TPSA) is 110 Å². The summed E-state index contributed by atoms with van der Waals surface area (Å²) >= 11 is 0. The van der Waals surface area contributed by atoms with Crippen molar-refractivity contribution >= 4 is 11.6 Å². The number of anilines is 1. The molecule has 29 heavy (non-hydrogen) atoms. The van der Waals surface area contributed by atoms with Gasteiger partial charge in [-0.25, -0.2) is 4.79 Å². The van der Waals surface area contributed by atoms with Gasteiger partial charge in [-0.05, 0) is 29.4 Å². The first-order valence-electron chi connectivity index (χ1n) is 10.2. The molecule has 0 unspecified atom stereocenters. The van der Waals surface area contributed by atoms with Crippen molar-refractivity contribution in [2.45, 2.75) is 59.5 Å². The van der Waals surface area contributed by atoms with E-state index in [4.69, 9.17) is 5.73 Å². The maximum Gasteiger partial charge on any atom is 0.329 e. The number of nitrogen functional groups attached to an aromatic ring is 1. The van der Waals surface area contributed by atoms with Crippen LogP contribution in [0, 0.1) is 5.92 Å². The number of aromatic nitrogens is 2. The molecule has 0 amide bonds. The van der Waals surface area contributed by atoms with Crippen LogP contribution in [0.1, 0.15) is 74.5 Å². The van der Waals surface area contributed by atoms with Crippen LogP contribution in [0.3, 0.4) is 0 Å². The second kappa shape index (κ2) is 9.69. The second-order valence-corrected chi connectivity index (χ2v) is 8.02. The Labute approximate surface area is 171 Å². The normalized spacial score (nSPS) is 12.5. The number of benzene rings is 1. The summed E-state index contributed by atoms with van der Waals surface area (Å²) in [5, 5.41) is 3.26. The van der Waals surface area contributed by atoms with E-state index >= 15 is 0 Å². The van der Waals surface area contributed by atoms with Gasteiger partial charge in [0.1, 0.15) is 11.4 Å². The van der Waals surface area contributed by atoms with Crippen LogP contribution in [0.15, 0.2) is 33.9 Å². The highest BCUT2D eigenvalue weighted by atomic mass is 16.2. The van der Waals surface area contributed by atoms with E-state index < -0.39 is 17.0 Å². The van der Waals surface area contributed by atoms with E-state index in [0.717, 1.165) is 5.56 Å². The van der Waals surface area contributed by atoms with Crippen molar-refractivity contribution in [3.8, 4) is 0 Å². The van der Waals surface area contributed by atoms with Crippen LogP contribution in [0.2, 0.25) is 0 Å². The molecule has 1 atom stereocenters. The predicted molar refractivity (Wildman–Crippen MR) is 116 cm³/mol. The third-order valence-electron chi connectivity index (χ3n) is 5.08. The Balaban J connectivity index is 2.24. The smallest absolute Gasteiger partial charge is 0.329 e. The molecule has 0 saturated heterocycles. The molecule has 7 heteroatoms. The van der Waals surface area contributed by atoms with Gasteiger partial charge >= 0.3 is 5.69 Å². The SMILES string of the molecule is CCCn1c(N)c(C(=O)CN[C@H](c2ccc(C(C)C)cc2)C(C)C)c(=O)[nH]c1=O. The third kappa shape index (κ3) is 5.23. The van der Waals surface area contributed by atoms with Crippen LogP contribution >= 0.6 is 0 Å². The Morgan fingerprint density at radius 1 is 1.10 bits per heavy atom. The summed E-state index contributed by atoms with van der Waals surface area (Å²) in [5.41, 5.74) is 6.82. The van der Waals surface area contributed by atoms with Crippen molar-refractivity contribution in [2.24, 2.45) is 5.92 Å². The van der Waals surface area contributed by atoms with Crippen molar-refractivity contribution in [3.63, 3.8) is 0 Å². The van der Waals surface area contributed by atoms with Gasteiger partial charge in [-0.15, -0.1) is 0 Å². The van der Waals surface area contributed by atoms with E-state index in [9.17, 15) is 14.4 Å². The number of nitrogens with one attached hydrogen (secondary N) is 2. The van der Waals surface area contributed by atoms with Crippen LogP contribution in [-0.4, -0.2) is 21.9 Å². The van der Waals surface area contributed by atoms with Gasteiger partial charge < -0.3 is 11.1 Å². The van der Waals surface area contributed by atoms with Gasteiger partial charge in [-0.1, -0.05) is 58.9 Å². The molecule has 2 rings (SSSR count). The number of rotatable bonds is 9. The average molecular weight is 401 g/mol. The van der Waals surface area contributed by atoms with Gasteiger partial charge in [0.15, 0.2) is 5.78 Å². The summed E-state index contributed by atoms with van der Waals surface area (Å²) in [5.74, 6) is 0.176. The van der Waals surface area contributed by atoms with Gasteiger partial charge in [0.05, 0.1) is 6.54 Å². The molecule has 0 aliphatic heterocycles. The highest BCUT2D eigenvalue weighted by Crippen LogP contribution is 2.24. The Kier molecular flexibility index (Phi) is 7.56. The first-order chi connectivity index (χ1) is 13.7. The first-order valence-corrected chi connectivity index (χ1v) is 10.2. The van der Waals surface area contributed by atoms with Crippen molar-refractivity contribution in [2.75, 3.05) is 12.3 Å². The fourth-order valence-corrected chi connectivity index (χ4v) is 3.42. The zero-order valence-corrected chi connectivity index (χ0v) is 17.9. The average Bonchev–Trinajstić information content (AvgIpc) is 2.65. The van der Waals surface area contributed by atoms with Gasteiger partial charge in [0.2, 0.25) is 0 Å². The zero-order chi connectivity index (χ0) is 21.7. The van der Waals surface area contributed by atoms with Crippen LogP contribution in [0.4, 0.5) is 5.82 Å². The van der Waals surface area contributed by atoms with Gasteiger partial charge in [0.25, 0.3) is 5.56 Å². The minimum Gasteiger partial charge on any atom is -0.384 e. The number of H-pyrrole nitrogens is 1. The number of nitrogens with two attached hydrogens (primary N) is 1. The lowest BCUT2D eigenvalue weighted by Crippen LogP contribution is -2.39. The Hall–Kier alpha value is -2.67. The predicted octanol–water partition coefficient (Wildman–Crippen LogP) is 2.82. The minimum absolute atomic E-state index is 0.0492. The van der Waals surface area contributed by atoms with E-state index in [0.29, 0.717) is 18.9 Å². The molecule has 1 aromatic heterocycles. The van der Waals surface area contributed by atoms with Crippen LogP contribution in [0.25, 0.3) is 0 Å². The highest BCUT2D eigenvalue weighted by molar-refractivity contribution is 6.01. The van der Waals surface area contributed by atoms with Crippen LogP contribution in [0.5, 0.6) is 0 Å². The van der Waals surface area contributed by atoms with Crippen molar-refractivity contribution < 1.29 is 4.79 Å². The molecule has 0 radical (unpaired) electrons. The van der Waals surface area contributed by atoms with Crippen molar-refractivity contribution in [1.29, 1.82) is 0 Å². The molecule has 0 spiro atoms. The number of aromatic amines is 1. The monoisotopic (exact) mass is 400 g/mol. The molecule has 0 fully saturated rings. The highest BCUT2D eigenvalue weighted by Gasteiger charge is 2.22. The summed E-state index contributed by atoms with van der Waals surface area (Å²) in [6.07, 6.45) is 0.657. The Morgan fingerprint density at radius 2 is 1.69 bits per heavy atom. The number of carbonyl (C=O) groups excluding carboxylic acids is 1. The second-order valence-electron chi connectivity index (χ2n) is 8.02. The Morgan fingerprint density at radius 3 is 2.21 bits per heavy atom. The first kappa shape index (κ1) is 22.6. The number of nitrogens with zero attached hydrogens (tertiary/aromatic N) is 1. The summed E-state index contributed by atoms with van der Waals surface area (Å²) in [6.45, 7) is 10.6. The molecule has 7 nitrogen and oxygen atoms in total. The fraction of sp³-hybridized carbons (Fsp3) is 0.500. The minimum atomic E-state index is -0.742. The third-order valence-corrected chi connectivity index (χ3v) is 5.08. The molecule has 0 aliphatic carbocycles. The van der Waals surface area contributed by atoms with Crippen LogP contribution < -0.4 is 22.3 Å². The number of hydrogen-bond donors (Lipinski definition) is 3. The maximum atomic E-state index is 12.8. The van der Waals surface area contributed by atoms with Crippen molar-refractivity contribution in [1.82, 2.24) is 14.9 Å². The lowest BCUT2D eigenvalue weighted by Gasteiger charge is -2.23. The fourth-order valence-electron chi connectivity index (χ4n) is 3.42. The number of Topliss-reactive ketones (excluding diaryl/α,β-unsaturated/α-hetero) is 1. The number of ketones is 1. The largest absolute Gasteiger partial charge is 0.384 e. The quantitative estimate of drug-likeness (QED) is 0.561. The summed E-state index contributed by atoms with van der Waals surface area (Å²) in [7, 11) is 0. The summed E-state index contributed by atoms with van der Waals surface area (Å²) in [4.78, 5) is 39.1. The van der Waals surface area contributed by atoms with E-state index in [1.165, 1.54) is 10.1 Å². The molecule has 1 aromatic carbocycles. The zero-order valence-electron chi connectivity index (χ0n) is 17.9. The lowest BCUT2D eigenvalue weighted by atomic mass is 9.93. The lowest BCUT2D eigenvalue weighted by molar-refractivity contribution is 0.0983. The molecule has 0 saturated carbocycles. The van der Waals surface area contributed by atoms with E-state index in [1.807, 2.05) is 6.92 Å². The van der Waals surface area contributed by atoms with E-state index in [-0.39, 0.29) is 29.9 Å². The molecule has 2 aromatic rings. The van der Waals surface area contributed by atoms with Gasteiger partial charge in [-0.2, -0.15) is 0 Å². The standard InChI is InChI=1S/C22H32N4O3/c1-6-11-26-20(23)18(21(28)25-22(26)29)17(27)12-24-19(14(4)5)16-9-7-15(8-10-16)13(2)3/h7-10,13-14,19,24H,6,11-12,23H2,1-5H3,(H,25,28,29)/t19-/m0/s1. The molecule has 0 aliphatic rings. The summed E-state index contributed by atoms with van der Waals surface area (Å²) < 4.78 is 1.24. The van der Waals surface area contributed by atoms with Gasteiger partial charge in [0, 0.05) is 12.6 Å².